The molecule has 2 rings (SSSR count). The van der Waals surface area contributed by atoms with E-state index in [1.807, 2.05) is 0 Å². The van der Waals surface area contributed by atoms with Crippen LogP contribution in [-0.2, 0) is 0 Å². The van der Waals surface area contributed by atoms with Crippen molar-refractivity contribution in [1.82, 2.24) is 5.43 Å². The van der Waals surface area contributed by atoms with Crippen molar-refractivity contribution in [3.63, 3.8) is 0 Å². The number of nitrogens with one attached hydrogen (secondary N) is 2. The summed E-state index contributed by atoms with van der Waals surface area (Å²) in [7, 11) is 0. The van der Waals surface area contributed by atoms with Crippen molar-refractivity contribution in [3.8, 4) is 0 Å². The van der Waals surface area contributed by atoms with Crippen LogP contribution >= 0.6 is 35.4 Å². The average molecular weight is 342 g/mol. The molecule has 108 valence electrons. The SMILES string of the molecule is Fc1ccc(NC(=S)N/N=C\c2c(Cl)cccc2Cl)cc1. The highest BCUT2D eigenvalue weighted by molar-refractivity contribution is 7.80. The largest absolute Gasteiger partial charge is 0.331 e. The molecule has 0 saturated heterocycles. The average Bonchev–Trinajstić information content (AvgIpc) is 2.45. The molecule has 0 aliphatic rings. The third-order valence-electron chi connectivity index (χ3n) is 2.46. The Morgan fingerprint density at radius 3 is 2.33 bits per heavy atom. The Morgan fingerprint density at radius 2 is 1.71 bits per heavy atom. The Kier molecular flexibility index (Phi) is 5.50. The van der Waals surface area contributed by atoms with Gasteiger partial charge in [0.1, 0.15) is 5.82 Å². The maximum absolute atomic E-state index is 12.8. The number of thiocarbonyl (C=S) groups is 1. The number of rotatable bonds is 3. The molecule has 7 heteroatoms. The van der Waals surface area contributed by atoms with Crippen molar-refractivity contribution in [2.45, 2.75) is 0 Å². The van der Waals surface area contributed by atoms with Gasteiger partial charge in [-0.3, -0.25) is 5.43 Å². The van der Waals surface area contributed by atoms with Crippen molar-refractivity contribution >= 4 is 52.4 Å². The smallest absolute Gasteiger partial charge is 0.191 e. The summed E-state index contributed by atoms with van der Waals surface area (Å²) in [4.78, 5) is 0. The van der Waals surface area contributed by atoms with E-state index in [0.29, 0.717) is 21.3 Å². The van der Waals surface area contributed by atoms with E-state index in [1.165, 1.54) is 18.3 Å². The lowest BCUT2D eigenvalue weighted by Gasteiger charge is -2.07. The zero-order chi connectivity index (χ0) is 15.2. The van der Waals surface area contributed by atoms with Crippen LogP contribution in [-0.4, -0.2) is 11.3 Å². The van der Waals surface area contributed by atoms with Gasteiger partial charge in [0.25, 0.3) is 0 Å². The van der Waals surface area contributed by atoms with E-state index < -0.39 is 0 Å². The van der Waals surface area contributed by atoms with E-state index in [1.54, 1.807) is 30.3 Å². The predicted octanol–water partition coefficient (Wildman–Crippen LogP) is 4.45. The van der Waals surface area contributed by atoms with Crippen molar-refractivity contribution in [2.75, 3.05) is 5.32 Å². The minimum atomic E-state index is -0.314. The Labute approximate surface area is 136 Å². The monoisotopic (exact) mass is 341 g/mol. The summed E-state index contributed by atoms with van der Waals surface area (Å²) in [6, 6.07) is 11.0. The first-order chi connectivity index (χ1) is 10.1. The zero-order valence-electron chi connectivity index (χ0n) is 10.6. The van der Waals surface area contributed by atoms with Gasteiger partial charge in [-0.25, -0.2) is 4.39 Å². The maximum Gasteiger partial charge on any atom is 0.191 e. The zero-order valence-corrected chi connectivity index (χ0v) is 12.9. The minimum absolute atomic E-state index is 0.265. The second kappa shape index (κ2) is 7.36. The number of hydrogen-bond donors (Lipinski definition) is 2. The highest BCUT2D eigenvalue weighted by Gasteiger charge is 2.02. The fraction of sp³-hybridized carbons (Fsp3) is 0. The van der Waals surface area contributed by atoms with Crippen LogP contribution in [0.4, 0.5) is 10.1 Å². The summed E-state index contributed by atoms with van der Waals surface area (Å²) in [5.74, 6) is -0.314. The fourth-order valence-electron chi connectivity index (χ4n) is 1.48. The van der Waals surface area contributed by atoms with Gasteiger partial charge in [0.05, 0.1) is 16.3 Å². The number of anilines is 1. The molecule has 0 radical (unpaired) electrons. The number of benzene rings is 2. The molecule has 0 aliphatic carbocycles. The quantitative estimate of drug-likeness (QED) is 0.491. The summed E-state index contributed by atoms with van der Waals surface area (Å²) in [6.07, 6.45) is 1.48. The molecule has 0 saturated carbocycles. The van der Waals surface area contributed by atoms with Gasteiger partial charge in [-0.2, -0.15) is 5.10 Å². The summed E-state index contributed by atoms with van der Waals surface area (Å²) in [5.41, 5.74) is 3.88. The van der Waals surface area contributed by atoms with Crippen LogP contribution in [0, 0.1) is 5.82 Å². The molecule has 0 amide bonds. The molecule has 0 unspecified atom stereocenters. The summed E-state index contributed by atoms with van der Waals surface area (Å²) in [6.45, 7) is 0. The Hall–Kier alpha value is -1.69. The topological polar surface area (TPSA) is 36.4 Å². The van der Waals surface area contributed by atoms with Crippen LogP contribution in [0.3, 0.4) is 0 Å². The first kappa shape index (κ1) is 15.7. The predicted molar refractivity (Wildman–Crippen MR) is 89.8 cm³/mol. The summed E-state index contributed by atoms with van der Waals surface area (Å²) < 4.78 is 12.8. The van der Waals surface area contributed by atoms with Crippen LogP contribution in [0.2, 0.25) is 10.0 Å². The Morgan fingerprint density at radius 1 is 1.10 bits per heavy atom. The minimum Gasteiger partial charge on any atom is -0.331 e. The summed E-state index contributed by atoms with van der Waals surface area (Å²) >= 11 is 17.1. The molecule has 2 aromatic rings. The molecule has 3 nitrogen and oxygen atoms in total. The Balaban J connectivity index is 1.95. The van der Waals surface area contributed by atoms with E-state index >= 15 is 0 Å². The van der Waals surface area contributed by atoms with Gasteiger partial charge < -0.3 is 5.32 Å². The van der Waals surface area contributed by atoms with Crippen LogP contribution in [0.25, 0.3) is 0 Å². The number of hydrazone groups is 1. The lowest BCUT2D eigenvalue weighted by atomic mass is 10.2. The molecule has 0 aromatic heterocycles. The lowest BCUT2D eigenvalue weighted by Crippen LogP contribution is -2.23. The highest BCUT2D eigenvalue weighted by atomic mass is 35.5. The third-order valence-corrected chi connectivity index (χ3v) is 3.31. The lowest BCUT2D eigenvalue weighted by molar-refractivity contribution is 0.628. The molecular weight excluding hydrogens is 332 g/mol. The van der Waals surface area contributed by atoms with Crippen LogP contribution < -0.4 is 10.7 Å². The van der Waals surface area contributed by atoms with Gasteiger partial charge in [0, 0.05) is 11.3 Å². The van der Waals surface area contributed by atoms with Gasteiger partial charge in [-0.15, -0.1) is 0 Å². The van der Waals surface area contributed by atoms with E-state index in [-0.39, 0.29) is 10.9 Å². The van der Waals surface area contributed by atoms with Crippen LogP contribution in [0.5, 0.6) is 0 Å². The van der Waals surface area contributed by atoms with Gasteiger partial charge in [-0.1, -0.05) is 29.3 Å². The standard InChI is InChI=1S/C14H10Cl2FN3S/c15-12-2-1-3-13(16)11(12)8-18-20-14(21)19-10-6-4-9(17)5-7-10/h1-8H,(H2,19,20,21)/b18-8-. The van der Waals surface area contributed by atoms with Crippen molar-refractivity contribution in [2.24, 2.45) is 5.10 Å². The van der Waals surface area contributed by atoms with E-state index in [4.69, 9.17) is 35.4 Å². The highest BCUT2D eigenvalue weighted by Crippen LogP contribution is 2.21. The second-order valence-electron chi connectivity index (χ2n) is 3.97. The molecule has 2 aromatic carbocycles. The van der Waals surface area contributed by atoms with Gasteiger partial charge >= 0.3 is 0 Å². The number of halogens is 3. The molecule has 0 spiro atoms. The first-order valence-corrected chi connectivity index (χ1v) is 7.02. The van der Waals surface area contributed by atoms with E-state index in [9.17, 15) is 4.39 Å². The van der Waals surface area contributed by atoms with E-state index in [0.717, 1.165) is 0 Å². The summed E-state index contributed by atoms with van der Waals surface area (Å²) in [5, 5.41) is 8.06. The first-order valence-electron chi connectivity index (χ1n) is 5.86. The van der Waals surface area contributed by atoms with Gasteiger partial charge in [0.15, 0.2) is 5.11 Å². The van der Waals surface area contributed by atoms with Crippen LogP contribution in [0.15, 0.2) is 47.6 Å². The molecule has 21 heavy (non-hydrogen) atoms. The molecule has 0 fully saturated rings. The molecular formula is C14H10Cl2FN3S. The molecule has 0 aliphatic heterocycles. The van der Waals surface area contributed by atoms with Crippen LogP contribution in [0.1, 0.15) is 5.56 Å². The van der Waals surface area contributed by atoms with Gasteiger partial charge in [-0.05, 0) is 48.6 Å². The normalized spacial score (nSPS) is 10.6. The van der Waals surface area contributed by atoms with Crippen molar-refractivity contribution in [1.29, 1.82) is 0 Å². The fourth-order valence-corrected chi connectivity index (χ4v) is 2.15. The maximum atomic E-state index is 12.8. The van der Waals surface area contributed by atoms with E-state index in [2.05, 4.69) is 15.8 Å². The molecule has 2 N–H and O–H groups in total. The number of hydrogen-bond acceptors (Lipinski definition) is 2. The Bertz CT molecular complexity index is 654. The van der Waals surface area contributed by atoms with Crippen molar-refractivity contribution < 1.29 is 4.39 Å². The second-order valence-corrected chi connectivity index (χ2v) is 5.19. The molecule has 0 atom stereocenters. The van der Waals surface area contributed by atoms with Gasteiger partial charge in [0.2, 0.25) is 0 Å². The molecule has 0 heterocycles. The third kappa shape index (κ3) is 4.67. The number of nitrogens with zero attached hydrogens (tertiary/aromatic N) is 1. The molecule has 0 bridgehead atoms. The van der Waals surface area contributed by atoms with Crippen molar-refractivity contribution in [3.05, 3.63) is 63.9 Å².